The summed E-state index contributed by atoms with van der Waals surface area (Å²) in [5.74, 6) is 0.494. The molecule has 5 nitrogen and oxygen atoms in total. The molecule has 18 heavy (non-hydrogen) atoms. The Kier molecular flexibility index (Phi) is 7.41. The second kappa shape index (κ2) is 8.91. The van der Waals surface area contributed by atoms with Crippen LogP contribution in [0.25, 0.3) is 0 Å². The van der Waals surface area contributed by atoms with E-state index in [0.717, 1.165) is 32.6 Å². The number of nitrogens with zero attached hydrogens (tertiary/aromatic N) is 2. The number of hydrogen-bond acceptors (Lipinski definition) is 4. The molecule has 0 atom stereocenters. The molecule has 0 spiro atoms. The minimum Gasteiger partial charge on any atom is -0.481 e. The van der Waals surface area contributed by atoms with Crippen LogP contribution in [-0.2, 0) is 4.79 Å². The summed E-state index contributed by atoms with van der Waals surface area (Å²) < 4.78 is 0. The molecule has 0 aromatic rings. The number of carboxylic acid groups (broad SMARTS) is 1. The molecule has 1 aliphatic heterocycles. The van der Waals surface area contributed by atoms with Crippen LogP contribution in [0, 0.1) is 0 Å². The first-order valence-electron chi connectivity index (χ1n) is 6.94. The van der Waals surface area contributed by atoms with Gasteiger partial charge in [0.2, 0.25) is 0 Å². The van der Waals surface area contributed by atoms with Crippen LogP contribution < -0.4 is 5.32 Å². The zero-order valence-electron chi connectivity index (χ0n) is 11.3. The van der Waals surface area contributed by atoms with E-state index in [-0.39, 0.29) is 6.42 Å². The van der Waals surface area contributed by atoms with Crippen LogP contribution in [0.3, 0.4) is 0 Å². The number of unbranched alkanes of at least 4 members (excludes halogenated alkanes) is 2. The van der Waals surface area contributed by atoms with Gasteiger partial charge in [-0.15, -0.1) is 0 Å². The van der Waals surface area contributed by atoms with Gasteiger partial charge in [-0.2, -0.15) is 0 Å². The van der Waals surface area contributed by atoms with Crippen molar-refractivity contribution in [2.45, 2.75) is 39.0 Å². The minimum atomic E-state index is -0.745. The molecular weight excluding hydrogens is 230 g/mol. The van der Waals surface area contributed by atoms with E-state index in [0.29, 0.717) is 6.54 Å². The second-order valence-corrected chi connectivity index (χ2v) is 4.64. The Morgan fingerprint density at radius 1 is 1.44 bits per heavy atom. The lowest BCUT2D eigenvalue weighted by molar-refractivity contribution is -0.136. The number of rotatable bonds is 10. The van der Waals surface area contributed by atoms with Gasteiger partial charge in [0.05, 0.1) is 18.8 Å². The SMILES string of the molecule is CCCCCC1=NCCN1CCNCCC(=O)O. The highest BCUT2D eigenvalue weighted by Gasteiger charge is 2.15. The molecule has 1 heterocycles. The second-order valence-electron chi connectivity index (χ2n) is 4.64. The first-order chi connectivity index (χ1) is 8.74. The molecule has 2 N–H and O–H groups in total. The van der Waals surface area contributed by atoms with Crippen molar-refractivity contribution in [3.8, 4) is 0 Å². The van der Waals surface area contributed by atoms with Gasteiger partial charge in [-0.3, -0.25) is 9.79 Å². The summed E-state index contributed by atoms with van der Waals surface area (Å²) >= 11 is 0. The van der Waals surface area contributed by atoms with E-state index < -0.39 is 5.97 Å². The van der Waals surface area contributed by atoms with Gasteiger partial charge < -0.3 is 15.3 Å². The third-order valence-electron chi connectivity index (χ3n) is 3.11. The van der Waals surface area contributed by atoms with Crippen molar-refractivity contribution < 1.29 is 9.90 Å². The molecule has 1 rings (SSSR count). The summed E-state index contributed by atoms with van der Waals surface area (Å²) in [7, 11) is 0. The minimum absolute atomic E-state index is 0.192. The number of carbonyl (C=O) groups is 1. The van der Waals surface area contributed by atoms with Gasteiger partial charge in [0.15, 0.2) is 0 Å². The van der Waals surface area contributed by atoms with Gasteiger partial charge >= 0.3 is 5.97 Å². The lowest BCUT2D eigenvalue weighted by atomic mass is 10.2. The largest absolute Gasteiger partial charge is 0.481 e. The van der Waals surface area contributed by atoms with Crippen molar-refractivity contribution in [2.75, 3.05) is 32.7 Å². The van der Waals surface area contributed by atoms with E-state index in [1.54, 1.807) is 0 Å². The van der Waals surface area contributed by atoms with Gasteiger partial charge in [0.1, 0.15) is 0 Å². The number of aliphatic imine (C=N–C) groups is 1. The maximum absolute atomic E-state index is 10.3. The summed E-state index contributed by atoms with van der Waals surface area (Å²) in [5, 5.41) is 11.7. The Hall–Kier alpha value is -1.10. The van der Waals surface area contributed by atoms with E-state index in [2.05, 4.69) is 22.1 Å². The summed E-state index contributed by atoms with van der Waals surface area (Å²) in [5.41, 5.74) is 0. The molecule has 104 valence electrons. The van der Waals surface area contributed by atoms with Crippen LogP contribution in [0.15, 0.2) is 4.99 Å². The lowest BCUT2D eigenvalue weighted by Crippen LogP contribution is -2.35. The van der Waals surface area contributed by atoms with E-state index in [1.807, 2.05) is 0 Å². The van der Waals surface area contributed by atoms with Crippen LogP contribution in [0.2, 0.25) is 0 Å². The standard InChI is InChI=1S/C13H25N3O2/c1-2-3-4-5-12-15-9-11-16(12)10-8-14-7-6-13(17)18/h14H,2-11H2,1H3,(H,17,18). The van der Waals surface area contributed by atoms with Gasteiger partial charge in [0.25, 0.3) is 0 Å². The summed E-state index contributed by atoms with van der Waals surface area (Å²) in [4.78, 5) is 17.2. The zero-order valence-corrected chi connectivity index (χ0v) is 11.3. The summed E-state index contributed by atoms with van der Waals surface area (Å²) in [6, 6.07) is 0. The topological polar surface area (TPSA) is 64.9 Å². The third kappa shape index (κ3) is 6.00. The maximum Gasteiger partial charge on any atom is 0.304 e. The van der Waals surface area contributed by atoms with E-state index in [4.69, 9.17) is 5.11 Å². The average molecular weight is 255 g/mol. The molecule has 1 aliphatic rings. The predicted molar refractivity (Wildman–Crippen MR) is 73.1 cm³/mol. The number of aliphatic carboxylic acids is 1. The molecule has 0 aromatic carbocycles. The van der Waals surface area contributed by atoms with Gasteiger partial charge in [-0.25, -0.2) is 0 Å². The fourth-order valence-electron chi connectivity index (χ4n) is 2.07. The Balaban J connectivity index is 2.09. The molecule has 0 fully saturated rings. The van der Waals surface area contributed by atoms with Gasteiger partial charge in [-0.1, -0.05) is 19.8 Å². The highest BCUT2D eigenvalue weighted by atomic mass is 16.4. The fraction of sp³-hybridized carbons (Fsp3) is 0.846. The molecule has 0 saturated heterocycles. The first kappa shape index (κ1) is 15.0. The molecule has 0 unspecified atom stereocenters. The molecule has 5 heteroatoms. The van der Waals surface area contributed by atoms with Gasteiger partial charge in [-0.05, 0) is 6.42 Å². The Morgan fingerprint density at radius 2 is 2.28 bits per heavy atom. The normalized spacial score (nSPS) is 14.9. The molecule has 0 bridgehead atoms. The number of amidine groups is 1. The number of carboxylic acids is 1. The van der Waals surface area contributed by atoms with Crippen molar-refractivity contribution in [3.63, 3.8) is 0 Å². The maximum atomic E-state index is 10.3. The fourth-order valence-corrected chi connectivity index (χ4v) is 2.07. The van der Waals surface area contributed by atoms with E-state index in [9.17, 15) is 4.79 Å². The Labute approximate surface area is 109 Å². The number of nitrogens with one attached hydrogen (secondary N) is 1. The van der Waals surface area contributed by atoms with Crippen LogP contribution >= 0.6 is 0 Å². The van der Waals surface area contributed by atoms with Crippen LogP contribution in [0.4, 0.5) is 0 Å². The highest BCUT2D eigenvalue weighted by molar-refractivity contribution is 5.83. The van der Waals surface area contributed by atoms with Gasteiger partial charge in [0, 0.05) is 32.6 Å². The third-order valence-corrected chi connectivity index (χ3v) is 3.11. The molecule has 0 saturated carbocycles. The Morgan fingerprint density at radius 3 is 3.00 bits per heavy atom. The van der Waals surface area contributed by atoms with Crippen molar-refractivity contribution >= 4 is 11.8 Å². The van der Waals surface area contributed by atoms with E-state index >= 15 is 0 Å². The van der Waals surface area contributed by atoms with Crippen molar-refractivity contribution in [3.05, 3.63) is 0 Å². The average Bonchev–Trinajstić information content (AvgIpc) is 2.76. The molecular formula is C13H25N3O2. The summed E-state index contributed by atoms with van der Waals surface area (Å²) in [6.45, 7) is 6.45. The van der Waals surface area contributed by atoms with Crippen LogP contribution in [0.5, 0.6) is 0 Å². The lowest BCUT2D eigenvalue weighted by Gasteiger charge is -2.20. The first-order valence-corrected chi connectivity index (χ1v) is 6.94. The smallest absolute Gasteiger partial charge is 0.304 e. The predicted octanol–water partition coefficient (Wildman–Crippen LogP) is 1.35. The van der Waals surface area contributed by atoms with E-state index in [1.165, 1.54) is 25.1 Å². The van der Waals surface area contributed by atoms with Crippen molar-refractivity contribution in [1.82, 2.24) is 10.2 Å². The molecule has 0 amide bonds. The molecule has 0 radical (unpaired) electrons. The zero-order chi connectivity index (χ0) is 13.2. The summed E-state index contributed by atoms with van der Waals surface area (Å²) in [6.07, 6.45) is 5.01. The van der Waals surface area contributed by atoms with Crippen molar-refractivity contribution in [2.24, 2.45) is 4.99 Å². The quantitative estimate of drug-likeness (QED) is 0.578. The highest BCUT2D eigenvalue weighted by Crippen LogP contribution is 2.09. The monoisotopic (exact) mass is 255 g/mol. The van der Waals surface area contributed by atoms with Crippen LogP contribution in [-0.4, -0.2) is 54.5 Å². The Bertz CT molecular complexity index is 279. The molecule has 0 aliphatic carbocycles. The van der Waals surface area contributed by atoms with Crippen molar-refractivity contribution in [1.29, 1.82) is 0 Å². The number of hydrogen-bond donors (Lipinski definition) is 2. The van der Waals surface area contributed by atoms with Crippen LogP contribution in [0.1, 0.15) is 39.0 Å². The molecule has 0 aromatic heterocycles.